The molecule has 0 fully saturated rings. The number of benzene rings is 1. The molecule has 140 valence electrons. The number of hydrogen-bond acceptors (Lipinski definition) is 6. The van der Waals surface area contributed by atoms with Gasteiger partial charge in [-0.25, -0.2) is 9.59 Å². The summed E-state index contributed by atoms with van der Waals surface area (Å²) in [4.78, 5) is 20.4. The minimum absolute atomic E-state index is 0.352. The summed E-state index contributed by atoms with van der Waals surface area (Å²) in [5.74, 6) is 0.424. The fourth-order valence-corrected chi connectivity index (χ4v) is 1.76. The number of unbranched alkanes of at least 4 members (excludes halogenated alkanes) is 2. The molecule has 8 heteroatoms. The van der Waals surface area contributed by atoms with Crippen molar-refractivity contribution in [2.75, 3.05) is 19.1 Å². The number of carbonyl (C=O) groups is 2. The van der Waals surface area contributed by atoms with Gasteiger partial charge in [-0.15, -0.1) is 0 Å². The van der Waals surface area contributed by atoms with Gasteiger partial charge in [0.15, 0.2) is 0 Å². The standard InChI is InChI=1S/C16H24N2O3.CH2O3/c1-4-6-7-8-15(16(19)21-5-2)18-17-13-9-11-14(20-3)12-10-13;2-1(3)4/h9-12,17H,4-8H2,1-3H3;(H2,2,3,4). The lowest BCUT2D eigenvalue weighted by Crippen LogP contribution is -2.19. The van der Waals surface area contributed by atoms with E-state index < -0.39 is 6.16 Å². The van der Waals surface area contributed by atoms with Crippen LogP contribution in [-0.4, -0.2) is 41.8 Å². The van der Waals surface area contributed by atoms with Gasteiger partial charge in [-0.05, 0) is 44.0 Å². The first-order valence-corrected chi connectivity index (χ1v) is 8.00. The summed E-state index contributed by atoms with van der Waals surface area (Å²) in [6.07, 6.45) is 1.89. The van der Waals surface area contributed by atoms with Crippen LogP contribution >= 0.6 is 0 Å². The van der Waals surface area contributed by atoms with Crippen LogP contribution in [0.15, 0.2) is 29.4 Å². The third-order valence-corrected chi connectivity index (χ3v) is 2.94. The summed E-state index contributed by atoms with van der Waals surface area (Å²) in [5.41, 5.74) is 4.12. The summed E-state index contributed by atoms with van der Waals surface area (Å²) < 4.78 is 10.1. The van der Waals surface area contributed by atoms with Gasteiger partial charge < -0.3 is 19.7 Å². The predicted octanol–water partition coefficient (Wildman–Crippen LogP) is 3.83. The van der Waals surface area contributed by atoms with Crippen LogP contribution in [-0.2, 0) is 9.53 Å². The van der Waals surface area contributed by atoms with Crippen molar-refractivity contribution in [2.24, 2.45) is 5.10 Å². The molecule has 0 spiro atoms. The van der Waals surface area contributed by atoms with Crippen LogP contribution in [0.25, 0.3) is 0 Å². The highest BCUT2D eigenvalue weighted by atomic mass is 16.6. The number of carboxylic acid groups (broad SMARTS) is 2. The second-order valence-electron chi connectivity index (χ2n) is 4.86. The third kappa shape index (κ3) is 11.4. The first-order chi connectivity index (χ1) is 11.9. The van der Waals surface area contributed by atoms with Crippen molar-refractivity contribution in [3.05, 3.63) is 24.3 Å². The van der Waals surface area contributed by atoms with Gasteiger partial charge in [-0.1, -0.05) is 19.8 Å². The van der Waals surface area contributed by atoms with Gasteiger partial charge in [0.1, 0.15) is 11.5 Å². The number of methoxy groups -OCH3 is 1. The summed E-state index contributed by atoms with van der Waals surface area (Å²) in [6, 6.07) is 7.35. The highest BCUT2D eigenvalue weighted by Crippen LogP contribution is 2.15. The predicted molar refractivity (Wildman–Crippen MR) is 95.5 cm³/mol. The molecule has 25 heavy (non-hydrogen) atoms. The number of rotatable bonds is 9. The number of hydrogen-bond donors (Lipinski definition) is 3. The van der Waals surface area contributed by atoms with Crippen molar-refractivity contribution >= 4 is 23.5 Å². The Hall–Kier alpha value is -2.77. The van der Waals surface area contributed by atoms with Gasteiger partial charge >= 0.3 is 12.1 Å². The SMILES string of the molecule is CCCCCC(=NNc1ccc(OC)cc1)C(=O)OCC.O=C(O)O. The lowest BCUT2D eigenvalue weighted by atomic mass is 10.1. The lowest BCUT2D eigenvalue weighted by molar-refractivity contribution is -0.135. The second kappa shape index (κ2) is 13.6. The van der Waals surface area contributed by atoms with E-state index in [1.54, 1.807) is 14.0 Å². The van der Waals surface area contributed by atoms with E-state index in [0.717, 1.165) is 30.7 Å². The highest BCUT2D eigenvalue weighted by molar-refractivity contribution is 6.36. The average Bonchev–Trinajstić information content (AvgIpc) is 2.58. The molecule has 0 radical (unpaired) electrons. The molecule has 0 aliphatic rings. The maximum atomic E-state index is 11.8. The number of carbonyl (C=O) groups excluding carboxylic acids is 1. The van der Waals surface area contributed by atoms with E-state index in [4.69, 9.17) is 24.5 Å². The van der Waals surface area contributed by atoms with Crippen LogP contribution in [0.4, 0.5) is 10.5 Å². The van der Waals surface area contributed by atoms with Crippen LogP contribution in [0.2, 0.25) is 0 Å². The molecule has 1 aromatic rings. The fourth-order valence-electron chi connectivity index (χ4n) is 1.76. The zero-order chi connectivity index (χ0) is 19.1. The molecule has 8 nitrogen and oxygen atoms in total. The smallest absolute Gasteiger partial charge is 0.497 e. The number of nitrogens with zero attached hydrogens (tertiary/aromatic N) is 1. The molecule has 1 rings (SSSR count). The quantitative estimate of drug-likeness (QED) is 0.267. The monoisotopic (exact) mass is 354 g/mol. The highest BCUT2D eigenvalue weighted by Gasteiger charge is 2.12. The Kier molecular flexibility index (Phi) is 12.1. The molecule has 1 aromatic carbocycles. The Morgan fingerprint density at radius 2 is 1.72 bits per heavy atom. The van der Waals surface area contributed by atoms with Crippen LogP contribution < -0.4 is 10.2 Å². The number of anilines is 1. The molecule has 0 aliphatic carbocycles. The molecular formula is C17H26N2O6. The molecule has 3 N–H and O–H groups in total. The third-order valence-electron chi connectivity index (χ3n) is 2.94. The molecule has 0 atom stereocenters. The van der Waals surface area contributed by atoms with Gasteiger partial charge in [0.25, 0.3) is 0 Å². The topological polar surface area (TPSA) is 117 Å². The first-order valence-electron chi connectivity index (χ1n) is 8.00. The van der Waals surface area contributed by atoms with Gasteiger partial charge in [0.2, 0.25) is 0 Å². The Morgan fingerprint density at radius 1 is 1.12 bits per heavy atom. The van der Waals surface area contributed by atoms with Crippen molar-refractivity contribution in [1.82, 2.24) is 0 Å². The summed E-state index contributed by atoms with van der Waals surface area (Å²) in [7, 11) is 1.62. The molecule has 0 heterocycles. The van der Waals surface area contributed by atoms with Crippen LogP contribution in [0, 0.1) is 0 Å². The first kappa shape index (κ1) is 22.2. The molecule has 0 bridgehead atoms. The van der Waals surface area contributed by atoms with Crippen molar-refractivity contribution in [3.8, 4) is 5.75 Å². The minimum atomic E-state index is -1.83. The van der Waals surface area contributed by atoms with Crippen molar-refractivity contribution in [2.45, 2.75) is 39.5 Å². The normalized spacial score (nSPS) is 10.3. The minimum Gasteiger partial charge on any atom is -0.497 e. The number of nitrogens with one attached hydrogen (secondary N) is 1. The zero-order valence-corrected chi connectivity index (χ0v) is 14.8. The Bertz CT molecular complexity index is 539. The van der Waals surface area contributed by atoms with E-state index >= 15 is 0 Å². The Balaban J connectivity index is 0.00000129. The van der Waals surface area contributed by atoms with E-state index in [-0.39, 0.29) is 5.97 Å². The van der Waals surface area contributed by atoms with Gasteiger partial charge in [-0.3, -0.25) is 5.43 Å². The number of esters is 1. The van der Waals surface area contributed by atoms with E-state index in [9.17, 15) is 4.79 Å². The van der Waals surface area contributed by atoms with E-state index in [2.05, 4.69) is 17.5 Å². The second-order valence-corrected chi connectivity index (χ2v) is 4.86. The average molecular weight is 354 g/mol. The van der Waals surface area contributed by atoms with E-state index in [1.165, 1.54) is 0 Å². The van der Waals surface area contributed by atoms with Crippen LogP contribution in [0.5, 0.6) is 5.75 Å². The number of hydrazone groups is 1. The van der Waals surface area contributed by atoms with Crippen molar-refractivity contribution < 1.29 is 29.3 Å². The molecular weight excluding hydrogens is 328 g/mol. The largest absolute Gasteiger partial charge is 0.503 e. The Morgan fingerprint density at radius 3 is 2.20 bits per heavy atom. The maximum Gasteiger partial charge on any atom is 0.503 e. The summed E-state index contributed by atoms with van der Waals surface area (Å²) >= 11 is 0. The maximum absolute atomic E-state index is 11.8. The Labute approximate surface area is 147 Å². The molecule has 0 amide bonds. The van der Waals surface area contributed by atoms with Crippen molar-refractivity contribution in [1.29, 1.82) is 0 Å². The molecule has 0 aliphatic heterocycles. The zero-order valence-electron chi connectivity index (χ0n) is 14.8. The summed E-state index contributed by atoms with van der Waals surface area (Å²) in [6.45, 7) is 4.27. The number of ether oxygens (including phenoxy) is 2. The molecule has 0 unspecified atom stereocenters. The summed E-state index contributed by atoms with van der Waals surface area (Å²) in [5, 5.41) is 18.1. The molecule has 0 saturated heterocycles. The van der Waals surface area contributed by atoms with Gasteiger partial charge in [0, 0.05) is 0 Å². The van der Waals surface area contributed by atoms with Gasteiger partial charge in [-0.2, -0.15) is 5.10 Å². The lowest BCUT2D eigenvalue weighted by Gasteiger charge is -2.07. The van der Waals surface area contributed by atoms with Crippen LogP contribution in [0.3, 0.4) is 0 Å². The molecule has 0 aromatic heterocycles. The van der Waals surface area contributed by atoms with Crippen molar-refractivity contribution in [3.63, 3.8) is 0 Å². The van der Waals surface area contributed by atoms with Crippen LogP contribution in [0.1, 0.15) is 39.5 Å². The fraction of sp³-hybridized carbons (Fsp3) is 0.471. The molecule has 0 saturated carbocycles. The van der Waals surface area contributed by atoms with Gasteiger partial charge in [0.05, 0.1) is 19.4 Å². The van der Waals surface area contributed by atoms with E-state index in [0.29, 0.717) is 18.7 Å². The van der Waals surface area contributed by atoms with E-state index in [1.807, 2.05) is 24.3 Å².